The molecule has 2 aliphatic carbocycles. The zero-order valence-electron chi connectivity index (χ0n) is 9.20. The topological polar surface area (TPSA) is 0 Å². The normalized spacial score (nSPS) is 47.1. The molecule has 0 radical (unpaired) electrons. The minimum atomic E-state index is -1.46. The fourth-order valence-electron chi connectivity index (χ4n) is 3.62. The molecule has 112 valence electrons. The van der Waals surface area contributed by atoms with Crippen LogP contribution in [0.3, 0.4) is 0 Å². The molecule has 0 spiro atoms. The smallest absolute Gasteiger partial charge is 0.126 e. The number of rotatable bonds is 3. The first kappa shape index (κ1) is 18.0. The summed E-state index contributed by atoms with van der Waals surface area (Å²) in [5.41, 5.74) is -2.00. The maximum Gasteiger partial charge on any atom is 0.145 e. The van der Waals surface area contributed by atoms with Crippen LogP contribution in [-0.4, -0.2) is 37.1 Å². The van der Waals surface area contributed by atoms with Crippen LogP contribution in [0.1, 0.15) is 0 Å². The number of fused-ring (bicyclic) bond motifs is 2. The van der Waals surface area contributed by atoms with E-state index in [1.54, 1.807) is 0 Å². The van der Waals surface area contributed by atoms with E-state index in [9.17, 15) is 0 Å². The molecule has 2 fully saturated rings. The van der Waals surface area contributed by atoms with Crippen molar-refractivity contribution in [3.63, 3.8) is 0 Å². The molecule has 0 aromatic heterocycles. The van der Waals surface area contributed by atoms with Crippen LogP contribution in [0.25, 0.3) is 0 Å². The lowest BCUT2D eigenvalue weighted by Gasteiger charge is -2.49. The van der Waals surface area contributed by atoms with Gasteiger partial charge in [-0.25, -0.2) is 0 Å². The van der Waals surface area contributed by atoms with Gasteiger partial charge < -0.3 is 0 Å². The Kier molecular flexibility index (Phi) is 5.30. The molecule has 9 heteroatoms. The molecule has 2 bridgehead atoms. The van der Waals surface area contributed by atoms with Crippen molar-refractivity contribution in [3.8, 4) is 0 Å². The second-order valence-corrected chi connectivity index (χ2v) is 9.45. The first-order valence-electron chi connectivity index (χ1n) is 5.37. The molecule has 5 atom stereocenters. The average molecular weight is 448 g/mol. The van der Waals surface area contributed by atoms with Gasteiger partial charge in [0.25, 0.3) is 0 Å². The van der Waals surface area contributed by atoms with E-state index in [0.717, 1.165) is 0 Å². The molecule has 19 heavy (non-hydrogen) atoms. The molecule has 0 nitrogen and oxygen atoms in total. The third kappa shape index (κ3) is 1.82. The highest BCUT2D eigenvalue weighted by Crippen LogP contribution is 2.79. The van der Waals surface area contributed by atoms with Crippen LogP contribution < -0.4 is 0 Å². The van der Waals surface area contributed by atoms with E-state index in [1.165, 1.54) is 0 Å². The first-order chi connectivity index (χ1) is 8.66. The molecule has 0 N–H and O–H groups in total. The maximum atomic E-state index is 6.47. The Bertz CT molecular complexity index is 366. The van der Waals surface area contributed by atoms with Crippen molar-refractivity contribution in [1.29, 1.82) is 0 Å². The van der Waals surface area contributed by atoms with Gasteiger partial charge >= 0.3 is 0 Å². The zero-order valence-corrected chi connectivity index (χ0v) is 16.0. The maximum absolute atomic E-state index is 6.47. The monoisotopic (exact) mass is 444 g/mol. The van der Waals surface area contributed by atoms with Gasteiger partial charge in [-0.15, -0.1) is 81.2 Å². The van der Waals surface area contributed by atoms with Gasteiger partial charge in [0, 0.05) is 23.1 Å². The summed E-state index contributed by atoms with van der Waals surface area (Å²) in [7, 11) is 0. The van der Waals surface area contributed by atoms with Crippen molar-refractivity contribution in [3.05, 3.63) is 0 Å². The largest absolute Gasteiger partial charge is 0.145 e. The number of hydrogen-bond donors (Lipinski definition) is 0. The zero-order chi connectivity index (χ0) is 14.8. The van der Waals surface area contributed by atoms with E-state index in [1.807, 2.05) is 0 Å². The van der Waals surface area contributed by atoms with Gasteiger partial charge in [0.15, 0.2) is 0 Å². The molecule has 0 aromatic rings. The van der Waals surface area contributed by atoms with Crippen LogP contribution in [0, 0.1) is 16.7 Å². The second kappa shape index (κ2) is 5.60. The van der Waals surface area contributed by atoms with Crippen molar-refractivity contribution in [2.75, 3.05) is 11.8 Å². The fraction of sp³-hybridized carbons (Fsp3) is 1.00. The summed E-state index contributed by atoms with van der Waals surface area (Å²) < 4.78 is -1.46. The fourth-order valence-corrected chi connectivity index (χ4v) is 9.23. The molecular formula is C10H9Cl9. The lowest BCUT2D eigenvalue weighted by atomic mass is 9.69. The van der Waals surface area contributed by atoms with E-state index in [4.69, 9.17) is 104 Å². The Labute approximate surface area is 157 Å². The third-order valence-corrected chi connectivity index (χ3v) is 9.38. The third-order valence-electron chi connectivity index (χ3n) is 4.55. The van der Waals surface area contributed by atoms with Crippen LogP contribution in [0.15, 0.2) is 0 Å². The quantitative estimate of drug-likeness (QED) is 0.473. The summed E-state index contributed by atoms with van der Waals surface area (Å²) >= 11 is 56.9. The molecule has 0 heterocycles. The van der Waals surface area contributed by atoms with E-state index >= 15 is 0 Å². The van der Waals surface area contributed by atoms with Gasteiger partial charge in [0.1, 0.15) is 9.17 Å². The molecule has 1 unspecified atom stereocenters. The van der Waals surface area contributed by atoms with Crippen molar-refractivity contribution in [2.45, 2.75) is 25.3 Å². The predicted molar refractivity (Wildman–Crippen MR) is 88.7 cm³/mol. The second-order valence-electron chi connectivity index (χ2n) is 4.99. The highest BCUT2D eigenvalue weighted by Gasteiger charge is 2.85. The average Bonchev–Trinajstić information content (AvgIpc) is 2.63. The van der Waals surface area contributed by atoms with Gasteiger partial charge in [0.05, 0.1) is 21.5 Å². The van der Waals surface area contributed by atoms with Crippen LogP contribution >= 0.6 is 104 Å². The van der Waals surface area contributed by atoms with Crippen molar-refractivity contribution >= 4 is 104 Å². The Morgan fingerprint density at radius 3 is 1.68 bits per heavy atom. The Hall–Kier alpha value is 2.61. The van der Waals surface area contributed by atoms with Gasteiger partial charge in [-0.1, -0.05) is 23.2 Å². The van der Waals surface area contributed by atoms with Gasteiger partial charge in [-0.2, -0.15) is 0 Å². The van der Waals surface area contributed by atoms with Crippen LogP contribution in [0.2, 0.25) is 0 Å². The summed E-state index contributed by atoms with van der Waals surface area (Å²) in [6.07, 6.45) is 0. The van der Waals surface area contributed by atoms with Crippen molar-refractivity contribution < 1.29 is 0 Å². The van der Waals surface area contributed by atoms with E-state index in [0.29, 0.717) is 0 Å². The highest BCUT2D eigenvalue weighted by atomic mass is 35.5. The Morgan fingerprint density at radius 1 is 0.895 bits per heavy atom. The minimum Gasteiger partial charge on any atom is -0.126 e. The molecule has 0 aromatic carbocycles. The molecule has 2 aliphatic rings. The predicted octanol–water partition coefficient (Wildman–Crippen LogP) is 5.88. The van der Waals surface area contributed by atoms with E-state index in [2.05, 4.69) is 0 Å². The standard InChI is InChI=1S/C10H9Cl9/c11-1-8(2-12)3-4(13)6(15)9(8,7(16)17)10(18,19)5(3)14/h3-7H,1-2H2/t3-,4-,5-,6+,9?/m0/s1. The summed E-state index contributed by atoms with van der Waals surface area (Å²) in [6.45, 7) is 0. The lowest BCUT2D eigenvalue weighted by Crippen LogP contribution is -2.59. The molecule has 2 rings (SSSR count). The highest BCUT2D eigenvalue weighted by molar-refractivity contribution is 6.57. The van der Waals surface area contributed by atoms with E-state index < -0.39 is 36.1 Å². The number of hydrogen-bond acceptors (Lipinski definition) is 0. The minimum absolute atomic E-state index is 0.119. The number of halogens is 9. The van der Waals surface area contributed by atoms with Crippen LogP contribution in [0.5, 0.6) is 0 Å². The van der Waals surface area contributed by atoms with Gasteiger partial charge in [-0.3, -0.25) is 0 Å². The lowest BCUT2D eigenvalue weighted by molar-refractivity contribution is 0.148. The van der Waals surface area contributed by atoms with Crippen LogP contribution in [-0.2, 0) is 0 Å². The van der Waals surface area contributed by atoms with Crippen molar-refractivity contribution in [2.24, 2.45) is 16.7 Å². The Balaban J connectivity index is 2.76. The van der Waals surface area contributed by atoms with Crippen LogP contribution in [0.4, 0.5) is 0 Å². The molecule has 2 saturated carbocycles. The molecule has 0 saturated heterocycles. The summed E-state index contributed by atoms with van der Waals surface area (Å²) in [5, 5.41) is -1.88. The van der Waals surface area contributed by atoms with Gasteiger partial charge in [0.2, 0.25) is 0 Å². The first-order valence-corrected chi connectivity index (χ1v) is 9.37. The SMILES string of the molecule is ClCC1(CCl)[C@H]2[C@H](Cl)[C@@H](Cl)C1(C(Cl)Cl)C(Cl)(Cl)[C@H]2Cl. The van der Waals surface area contributed by atoms with Gasteiger partial charge in [-0.05, 0) is 0 Å². The molecule has 0 aliphatic heterocycles. The molecule has 0 amide bonds. The summed E-state index contributed by atoms with van der Waals surface area (Å²) in [4.78, 5) is -1.00. The summed E-state index contributed by atoms with van der Waals surface area (Å²) in [6, 6.07) is 0. The Morgan fingerprint density at radius 2 is 1.37 bits per heavy atom. The molecular weight excluding hydrogens is 439 g/mol. The van der Waals surface area contributed by atoms with E-state index in [-0.39, 0.29) is 17.7 Å². The van der Waals surface area contributed by atoms with Crippen molar-refractivity contribution in [1.82, 2.24) is 0 Å². The number of alkyl halides is 9. The summed E-state index contributed by atoms with van der Waals surface area (Å²) in [5.74, 6) is -0.134.